The van der Waals surface area contributed by atoms with Gasteiger partial charge in [0.2, 0.25) is 0 Å². The fourth-order valence-corrected chi connectivity index (χ4v) is 10.7. The van der Waals surface area contributed by atoms with Crippen molar-refractivity contribution in [3.05, 3.63) is 30.3 Å². The number of methoxy groups -OCH3 is 1. The van der Waals surface area contributed by atoms with Gasteiger partial charge >= 0.3 is 6.03 Å². The smallest absolute Gasteiger partial charge is 0.324 e. The molecule has 18 atom stereocenters. The molecule has 0 radical (unpaired) electrons. The molecule has 65 heavy (non-hydrogen) atoms. The van der Waals surface area contributed by atoms with E-state index in [2.05, 4.69) is 10.6 Å². The number of benzene rings is 1. The summed E-state index contributed by atoms with van der Waals surface area (Å²) in [5.74, 6) is -2.82. The van der Waals surface area contributed by atoms with Crippen molar-refractivity contribution in [3.63, 3.8) is 0 Å². The van der Waals surface area contributed by atoms with Gasteiger partial charge in [0.1, 0.15) is 23.1 Å². The third-order valence-corrected chi connectivity index (χ3v) is 15.2. The highest BCUT2D eigenvalue weighted by atomic mass is 16.7. The van der Waals surface area contributed by atoms with Gasteiger partial charge in [-0.25, -0.2) is 4.79 Å². The number of nitrogens with zero attached hydrogens (tertiary/aromatic N) is 2. The van der Waals surface area contributed by atoms with E-state index >= 15 is 0 Å². The number of ketones is 1. The summed E-state index contributed by atoms with van der Waals surface area (Å²) in [7, 11) is 4.85. The Morgan fingerprint density at radius 1 is 1.03 bits per heavy atom. The van der Waals surface area contributed by atoms with Crippen LogP contribution in [0.3, 0.4) is 0 Å². The molecule has 4 rings (SSSR count). The standard InChI is InChI=1S/C49H86N4O12/c1-15-22-50-28-49(60)34(8)63-40(26-47(49,10)61-14)64-42-31(5)38(54)24-36(48(11,59)39(55)16-2)33(7)51-27-29(3)25-46(9,58)43(32(42)6)65-44-41(56)37(23-30(4)62-44)53(13)45(57)52(12)35-20-18-17-19-21-35/h17-21,29-34,36-37,39-44,50-51,55-56,58-60H,15-16,22-28H2,1-14H3/t29-,30-,31+,32+,33-,34+,36-,37+,39-,40+,41-,42-,43-,44+,46-,47-,48+,49+/m1/s1. The van der Waals surface area contributed by atoms with Crippen molar-refractivity contribution in [1.29, 1.82) is 0 Å². The predicted molar refractivity (Wildman–Crippen MR) is 249 cm³/mol. The highest BCUT2D eigenvalue weighted by molar-refractivity contribution is 5.91. The summed E-state index contributed by atoms with van der Waals surface area (Å²) in [5.41, 5.74) is -5.17. The molecule has 3 saturated heterocycles. The summed E-state index contributed by atoms with van der Waals surface area (Å²) in [5, 5.41) is 66.8. The predicted octanol–water partition coefficient (Wildman–Crippen LogP) is 4.22. The number of hydrogen-bond acceptors (Lipinski definition) is 14. The topological polar surface area (TPSA) is 212 Å². The number of carbonyl (C=O) groups is 2. The highest BCUT2D eigenvalue weighted by Crippen LogP contribution is 2.44. The molecule has 0 saturated carbocycles. The number of aliphatic hydroxyl groups is 5. The van der Waals surface area contributed by atoms with E-state index in [9.17, 15) is 35.1 Å². The van der Waals surface area contributed by atoms with E-state index < -0.39 is 101 Å². The first-order valence-electron chi connectivity index (χ1n) is 24.0. The fraction of sp³-hybridized carbons (Fsp3) is 0.837. The van der Waals surface area contributed by atoms with Crippen LogP contribution in [-0.2, 0) is 28.5 Å². The van der Waals surface area contributed by atoms with E-state index in [0.29, 0.717) is 25.2 Å². The largest absolute Gasteiger partial charge is 0.390 e. The number of anilines is 1. The molecule has 0 spiro atoms. The first-order chi connectivity index (χ1) is 30.3. The molecule has 1 aromatic rings. The van der Waals surface area contributed by atoms with Crippen LogP contribution in [0.2, 0.25) is 0 Å². The molecule has 0 unspecified atom stereocenters. The number of aliphatic hydroxyl groups excluding tert-OH is 2. The molecule has 7 N–H and O–H groups in total. The molecular weight excluding hydrogens is 837 g/mol. The van der Waals surface area contributed by atoms with Crippen LogP contribution in [0.15, 0.2) is 30.3 Å². The zero-order valence-corrected chi connectivity index (χ0v) is 41.8. The summed E-state index contributed by atoms with van der Waals surface area (Å²) in [6, 6.07) is 7.72. The zero-order valence-electron chi connectivity index (χ0n) is 41.8. The Labute approximate surface area is 389 Å². The molecule has 1 aromatic carbocycles. The van der Waals surface area contributed by atoms with E-state index in [0.717, 1.165) is 6.42 Å². The molecule has 3 aliphatic rings. The summed E-state index contributed by atoms with van der Waals surface area (Å²) in [6.45, 7) is 21.2. The van der Waals surface area contributed by atoms with Gasteiger partial charge in [0.15, 0.2) is 12.6 Å². The average Bonchev–Trinajstić information content (AvgIpc) is 3.26. The number of nitrogens with one attached hydrogen (secondary N) is 2. The van der Waals surface area contributed by atoms with Crippen molar-refractivity contribution in [2.24, 2.45) is 23.7 Å². The van der Waals surface area contributed by atoms with E-state index in [1.54, 1.807) is 48.7 Å². The number of rotatable bonds is 14. The van der Waals surface area contributed by atoms with Gasteiger partial charge in [-0.15, -0.1) is 0 Å². The maximum atomic E-state index is 14.9. The van der Waals surface area contributed by atoms with Gasteiger partial charge < -0.3 is 64.8 Å². The van der Waals surface area contributed by atoms with Gasteiger partial charge in [-0.3, -0.25) is 9.69 Å². The Morgan fingerprint density at radius 3 is 2.28 bits per heavy atom. The van der Waals surface area contributed by atoms with Crippen LogP contribution in [0.25, 0.3) is 0 Å². The molecule has 3 fully saturated rings. The van der Waals surface area contributed by atoms with E-state index in [-0.39, 0.29) is 50.0 Å². The van der Waals surface area contributed by atoms with Crippen LogP contribution >= 0.6 is 0 Å². The average molecular weight is 923 g/mol. The van der Waals surface area contributed by atoms with Crippen LogP contribution in [-0.4, -0.2) is 167 Å². The van der Waals surface area contributed by atoms with Crippen molar-refractivity contribution in [3.8, 4) is 0 Å². The van der Waals surface area contributed by atoms with Gasteiger partial charge in [-0.05, 0) is 98.4 Å². The lowest BCUT2D eigenvalue weighted by Gasteiger charge is -2.53. The van der Waals surface area contributed by atoms with Crippen LogP contribution < -0.4 is 15.5 Å². The monoisotopic (exact) mass is 923 g/mol. The van der Waals surface area contributed by atoms with Crippen LogP contribution in [0.4, 0.5) is 10.5 Å². The highest BCUT2D eigenvalue weighted by Gasteiger charge is 2.58. The molecule has 0 bridgehead atoms. The number of likely N-dealkylation sites (N-methyl/N-ethyl adjacent to an activating group) is 1. The maximum absolute atomic E-state index is 14.9. The molecule has 3 aliphatic heterocycles. The van der Waals surface area contributed by atoms with Gasteiger partial charge in [0, 0.05) is 70.1 Å². The molecular formula is C49H86N4O12. The molecule has 3 heterocycles. The second kappa shape index (κ2) is 22.9. The summed E-state index contributed by atoms with van der Waals surface area (Å²) in [4.78, 5) is 31.7. The minimum Gasteiger partial charge on any atom is -0.390 e. The van der Waals surface area contributed by atoms with Crippen molar-refractivity contribution < 1.29 is 58.8 Å². The van der Waals surface area contributed by atoms with Crippen molar-refractivity contribution in [2.75, 3.05) is 45.7 Å². The maximum Gasteiger partial charge on any atom is 0.324 e. The van der Waals surface area contributed by atoms with E-state index in [1.165, 1.54) is 16.9 Å². The number of carbonyl (C=O) groups excluding carboxylic acids is 2. The Kier molecular flexibility index (Phi) is 19.4. The lowest BCUT2D eigenvalue weighted by Crippen LogP contribution is -2.70. The third-order valence-electron chi connectivity index (χ3n) is 15.2. The van der Waals surface area contributed by atoms with Crippen LogP contribution in [0.1, 0.15) is 115 Å². The number of urea groups is 1. The van der Waals surface area contributed by atoms with E-state index in [4.69, 9.17) is 23.7 Å². The normalized spacial score (nSPS) is 40.4. The first kappa shape index (κ1) is 55.3. The number of hydrogen-bond donors (Lipinski definition) is 7. The van der Waals surface area contributed by atoms with E-state index in [1.807, 2.05) is 71.9 Å². The SMILES string of the molecule is CCCNC[C@]1(O)[C@H](C)O[C@@H](O[C@H]2[C@H](C)[C@@H](O[C@@H]3O[C@H](C)C[C@H](N(C)C(=O)N(C)c4ccccc4)[C@H]3O)[C@](C)(O)C[C@@H](C)CN[C@H](C)[C@H]([C@](C)(O)[C@H](O)CC)CC(=O)[C@@H]2C)C[C@@]1(C)OC. The van der Waals surface area contributed by atoms with Gasteiger partial charge in [0.05, 0.1) is 47.8 Å². The molecule has 16 heteroatoms. The fourth-order valence-electron chi connectivity index (χ4n) is 10.7. The lowest BCUT2D eigenvalue weighted by molar-refractivity contribution is -0.335. The molecule has 374 valence electrons. The van der Waals surface area contributed by atoms with Crippen LogP contribution in [0, 0.1) is 23.7 Å². The minimum atomic E-state index is -1.64. The number of Topliss-reactive ketones (excluding diaryl/α,β-unsaturated/α-hetero) is 1. The Balaban J connectivity index is 1.79. The lowest BCUT2D eigenvalue weighted by atomic mass is 9.73. The third kappa shape index (κ3) is 12.5. The molecule has 16 nitrogen and oxygen atoms in total. The van der Waals surface area contributed by atoms with Gasteiger partial charge in [-0.2, -0.15) is 0 Å². The Hall–Kier alpha value is -2.32. The van der Waals surface area contributed by atoms with Gasteiger partial charge in [-0.1, -0.05) is 52.8 Å². The second-order valence-corrected chi connectivity index (χ2v) is 20.4. The summed E-state index contributed by atoms with van der Waals surface area (Å²) in [6.07, 6.45) is -6.50. The minimum absolute atomic E-state index is 0.0869. The van der Waals surface area contributed by atoms with Crippen LogP contribution in [0.5, 0.6) is 0 Å². The second-order valence-electron chi connectivity index (χ2n) is 20.4. The quantitative estimate of drug-likeness (QED) is 0.130. The number of amides is 2. The van der Waals surface area contributed by atoms with Crippen molar-refractivity contribution in [2.45, 2.75) is 198 Å². The van der Waals surface area contributed by atoms with Gasteiger partial charge in [0.25, 0.3) is 0 Å². The molecule has 0 aromatic heterocycles. The molecule has 0 aliphatic carbocycles. The first-order valence-corrected chi connectivity index (χ1v) is 24.0. The van der Waals surface area contributed by atoms with Crippen molar-refractivity contribution in [1.82, 2.24) is 15.5 Å². The number of ether oxygens (including phenoxy) is 5. The summed E-state index contributed by atoms with van der Waals surface area (Å²) >= 11 is 0. The molecule has 2 amide bonds. The Morgan fingerprint density at radius 2 is 1.68 bits per heavy atom. The Bertz CT molecular complexity index is 1660. The summed E-state index contributed by atoms with van der Waals surface area (Å²) < 4.78 is 32.8. The van der Waals surface area contributed by atoms with Crippen molar-refractivity contribution >= 4 is 17.5 Å². The zero-order chi connectivity index (χ0) is 48.8. The number of para-hydroxylation sites is 1.